The molecular weight excluding hydrogens is 154 g/mol. The van der Waals surface area contributed by atoms with Gasteiger partial charge in [-0.2, -0.15) is 4.99 Å². The lowest BCUT2D eigenvalue weighted by atomic mass is 9.96. The van der Waals surface area contributed by atoms with E-state index in [0.29, 0.717) is 0 Å². The number of rotatable bonds is 2. The van der Waals surface area contributed by atoms with Crippen LogP contribution in [0.2, 0.25) is 0 Å². The first-order valence-corrected chi connectivity index (χ1v) is 3.71. The molecule has 0 saturated carbocycles. The highest BCUT2D eigenvalue weighted by molar-refractivity contribution is 5.37. The molecule has 0 saturated heterocycles. The van der Waals surface area contributed by atoms with Gasteiger partial charge in [-0.15, -0.1) is 0 Å². The third kappa shape index (κ3) is 1.46. The average molecular weight is 165 g/mol. The molecule has 12 heavy (non-hydrogen) atoms. The highest BCUT2D eigenvalue weighted by Gasteiger charge is 2.22. The molecule has 1 rings (SSSR count). The van der Waals surface area contributed by atoms with E-state index >= 15 is 0 Å². The van der Waals surface area contributed by atoms with Crippen LogP contribution in [0.25, 0.3) is 0 Å². The minimum Gasteiger partial charge on any atom is -0.469 e. The quantitative estimate of drug-likeness (QED) is 0.497. The topological polar surface area (TPSA) is 42.6 Å². The molecule has 1 aromatic rings. The van der Waals surface area contributed by atoms with Crippen LogP contribution in [0.4, 0.5) is 0 Å². The predicted octanol–water partition coefficient (Wildman–Crippen LogP) is 2.16. The maximum absolute atomic E-state index is 10.1. The summed E-state index contributed by atoms with van der Waals surface area (Å²) in [7, 11) is 0. The van der Waals surface area contributed by atoms with Crippen LogP contribution in [0.5, 0.6) is 0 Å². The molecule has 0 spiro atoms. The molecule has 0 amide bonds. The standard InChI is InChI=1S/C9H11NO2/c1-7-8(4-5-12-7)9(2,3)10-6-11/h4-5H,1-3H3. The minimum atomic E-state index is -0.529. The van der Waals surface area contributed by atoms with Crippen LogP contribution in [0.15, 0.2) is 21.7 Å². The van der Waals surface area contributed by atoms with Gasteiger partial charge in [0.25, 0.3) is 0 Å². The Bertz CT molecular complexity index is 319. The molecular formula is C9H11NO2. The number of nitrogens with zero attached hydrogens (tertiary/aromatic N) is 1. The van der Waals surface area contributed by atoms with Crippen LogP contribution in [0, 0.1) is 6.92 Å². The van der Waals surface area contributed by atoms with Gasteiger partial charge in [-0.05, 0) is 26.8 Å². The molecule has 64 valence electrons. The second-order valence-corrected chi connectivity index (χ2v) is 3.15. The zero-order chi connectivity index (χ0) is 9.19. The summed E-state index contributed by atoms with van der Waals surface area (Å²) in [5.41, 5.74) is 0.393. The largest absolute Gasteiger partial charge is 0.469 e. The van der Waals surface area contributed by atoms with Crippen LogP contribution in [0.3, 0.4) is 0 Å². The summed E-state index contributed by atoms with van der Waals surface area (Å²) < 4.78 is 5.11. The molecule has 1 heterocycles. The highest BCUT2D eigenvalue weighted by atomic mass is 16.3. The van der Waals surface area contributed by atoms with Crippen molar-refractivity contribution in [2.24, 2.45) is 4.99 Å². The van der Waals surface area contributed by atoms with E-state index in [-0.39, 0.29) is 0 Å². The van der Waals surface area contributed by atoms with Crippen molar-refractivity contribution in [3.8, 4) is 0 Å². The summed E-state index contributed by atoms with van der Waals surface area (Å²) in [4.78, 5) is 13.8. The number of isocyanates is 1. The predicted molar refractivity (Wildman–Crippen MR) is 44.6 cm³/mol. The van der Waals surface area contributed by atoms with Gasteiger partial charge >= 0.3 is 0 Å². The molecule has 1 aromatic heterocycles. The van der Waals surface area contributed by atoms with Crippen molar-refractivity contribution >= 4 is 6.08 Å². The van der Waals surface area contributed by atoms with E-state index in [9.17, 15) is 4.79 Å². The number of aryl methyl sites for hydroxylation is 1. The van der Waals surface area contributed by atoms with E-state index in [1.54, 1.807) is 12.3 Å². The Morgan fingerprint density at radius 3 is 2.67 bits per heavy atom. The lowest BCUT2D eigenvalue weighted by molar-refractivity contribution is 0.490. The number of hydrogen-bond acceptors (Lipinski definition) is 3. The second-order valence-electron chi connectivity index (χ2n) is 3.15. The van der Waals surface area contributed by atoms with E-state index < -0.39 is 5.54 Å². The Morgan fingerprint density at radius 1 is 1.58 bits per heavy atom. The SMILES string of the molecule is Cc1occc1C(C)(C)N=C=O. The molecule has 0 unspecified atom stereocenters. The fraction of sp³-hybridized carbons (Fsp3) is 0.444. The Morgan fingerprint density at radius 2 is 2.25 bits per heavy atom. The molecule has 0 atom stereocenters. The molecule has 0 N–H and O–H groups in total. The van der Waals surface area contributed by atoms with E-state index in [0.717, 1.165) is 11.3 Å². The summed E-state index contributed by atoms with van der Waals surface area (Å²) in [6, 6.07) is 1.82. The van der Waals surface area contributed by atoms with Gasteiger partial charge in [0.2, 0.25) is 6.08 Å². The zero-order valence-electron chi connectivity index (χ0n) is 7.42. The number of carbonyl (C=O) groups excluding carboxylic acids is 1. The molecule has 0 bridgehead atoms. The second kappa shape index (κ2) is 2.95. The smallest absolute Gasteiger partial charge is 0.235 e. The van der Waals surface area contributed by atoms with Crippen molar-refractivity contribution in [1.82, 2.24) is 0 Å². The lowest BCUT2D eigenvalue weighted by Crippen LogP contribution is -2.13. The van der Waals surface area contributed by atoms with Gasteiger partial charge in [-0.1, -0.05) is 0 Å². The highest BCUT2D eigenvalue weighted by Crippen LogP contribution is 2.27. The molecule has 0 radical (unpaired) electrons. The minimum absolute atomic E-state index is 0.529. The van der Waals surface area contributed by atoms with Crippen molar-refractivity contribution < 1.29 is 9.21 Å². The molecule has 0 aliphatic heterocycles. The molecule has 0 aromatic carbocycles. The summed E-state index contributed by atoms with van der Waals surface area (Å²) in [5, 5.41) is 0. The van der Waals surface area contributed by atoms with E-state index in [4.69, 9.17) is 4.42 Å². The fourth-order valence-corrected chi connectivity index (χ4v) is 1.19. The average Bonchev–Trinajstić information content (AvgIpc) is 2.35. The Kier molecular flexibility index (Phi) is 2.15. The first kappa shape index (κ1) is 8.75. The molecule has 3 nitrogen and oxygen atoms in total. The van der Waals surface area contributed by atoms with Gasteiger partial charge in [0.15, 0.2) is 0 Å². The van der Waals surface area contributed by atoms with Gasteiger partial charge in [0.05, 0.1) is 11.8 Å². The van der Waals surface area contributed by atoms with Gasteiger partial charge in [0.1, 0.15) is 5.76 Å². The fourth-order valence-electron chi connectivity index (χ4n) is 1.19. The number of aliphatic imine (C=N–C) groups is 1. The first-order valence-electron chi connectivity index (χ1n) is 3.71. The summed E-state index contributed by atoms with van der Waals surface area (Å²) >= 11 is 0. The van der Waals surface area contributed by atoms with E-state index in [2.05, 4.69) is 4.99 Å². The van der Waals surface area contributed by atoms with Crippen LogP contribution in [-0.4, -0.2) is 6.08 Å². The normalized spacial score (nSPS) is 10.9. The Hall–Kier alpha value is -1.34. The third-order valence-corrected chi connectivity index (χ3v) is 1.84. The summed E-state index contributed by atoms with van der Waals surface area (Å²) in [5.74, 6) is 0.791. The maximum Gasteiger partial charge on any atom is 0.235 e. The van der Waals surface area contributed by atoms with Crippen molar-refractivity contribution in [3.63, 3.8) is 0 Å². The van der Waals surface area contributed by atoms with Crippen molar-refractivity contribution in [2.75, 3.05) is 0 Å². The van der Waals surface area contributed by atoms with Crippen molar-refractivity contribution in [1.29, 1.82) is 0 Å². The van der Waals surface area contributed by atoms with Crippen LogP contribution in [-0.2, 0) is 10.3 Å². The Balaban J connectivity index is 3.12. The molecule has 0 aliphatic carbocycles. The van der Waals surface area contributed by atoms with Crippen LogP contribution < -0.4 is 0 Å². The first-order chi connectivity index (χ1) is 5.58. The van der Waals surface area contributed by atoms with Crippen LogP contribution >= 0.6 is 0 Å². The number of furan rings is 1. The third-order valence-electron chi connectivity index (χ3n) is 1.84. The van der Waals surface area contributed by atoms with Crippen LogP contribution in [0.1, 0.15) is 25.2 Å². The monoisotopic (exact) mass is 165 g/mol. The van der Waals surface area contributed by atoms with Crippen molar-refractivity contribution in [2.45, 2.75) is 26.3 Å². The van der Waals surface area contributed by atoms with E-state index in [1.807, 2.05) is 26.8 Å². The molecule has 0 aliphatic rings. The van der Waals surface area contributed by atoms with Gasteiger partial charge < -0.3 is 4.42 Å². The van der Waals surface area contributed by atoms with Gasteiger partial charge in [-0.3, -0.25) is 0 Å². The van der Waals surface area contributed by atoms with E-state index in [1.165, 1.54) is 0 Å². The van der Waals surface area contributed by atoms with Gasteiger partial charge in [-0.25, -0.2) is 4.79 Å². The Labute approximate surface area is 71.1 Å². The maximum atomic E-state index is 10.1. The lowest BCUT2D eigenvalue weighted by Gasteiger charge is -2.15. The molecule has 0 fully saturated rings. The summed E-state index contributed by atoms with van der Waals surface area (Å²) in [6.07, 6.45) is 3.15. The number of hydrogen-bond donors (Lipinski definition) is 0. The van der Waals surface area contributed by atoms with Crippen molar-refractivity contribution in [3.05, 3.63) is 23.7 Å². The van der Waals surface area contributed by atoms with Gasteiger partial charge in [0, 0.05) is 5.56 Å². The summed E-state index contributed by atoms with van der Waals surface area (Å²) in [6.45, 7) is 5.53. The zero-order valence-corrected chi connectivity index (χ0v) is 7.42. The molecule has 3 heteroatoms.